The average molecular weight is 359 g/mol. The summed E-state index contributed by atoms with van der Waals surface area (Å²) in [5, 5.41) is 15.1. The minimum atomic E-state index is -0.540. The number of aromatic nitrogens is 4. The highest BCUT2D eigenvalue weighted by molar-refractivity contribution is 5.50. The van der Waals surface area contributed by atoms with E-state index in [9.17, 15) is 0 Å². The molecule has 5 heteroatoms. The fraction of sp³-hybridized carbons (Fsp3) is 0.318. The zero-order chi connectivity index (χ0) is 18.4. The summed E-state index contributed by atoms with van der Waals surface area (Å²) in [5.41, 5.74) is 1.75. The molecule has 1 aliphatic heterocycles. The second kappa shape index (κ2) is 8.27. The molecule has 138 valence electrons. The van der Waals surface area contributed by atoms with Crippen LogP contribution in [0.15, 0.2) is 72.8 Å². The van der Waals surface area contributed by atoms with E-state index >= 15 is 0 Å². The van der Waals surface area contributed by atoms with Gasteiger partial charge in [-0.05, 0) is 47.5 Å². The first-order valence-electron chi connectivity index (χ1n) is 9.65. The van der Waals surface area contributed by atoms with Gasteiger partial charge in [0.05, 0.1) is 5.41 Å². The zero-order valence-corrected chi connectivity index (χ0v) is 15.5. The summed E-state index contributed by atoms with van der Waals surface area (Å²) in [4.78, 5) is 2.51. The van der Waals surface area contributed by atoms with Crippen LogP contribution in [0.4, 0.5) is 0 Å². The smallest absolute Gasteiger partial charge is 0.167 e. The van der Waals surface area contributed by atoms with E-state index in [0.29, 0.717) is 0 Å². The van der Waals surface area contributed by atoms with Gasteiger partial charge in [-0.2, -0.15) is 0 Å². The summed E-state index contributed by atoms with van der Waals surface area (Å²) in [6.07, 6.45) is 8.47. The molecule has 0 bridgehead atoms. The van der Waals surface area contributed by atoms with E-state index in [-0.39, 0.29) is 0 Å². The molecule has 0 spiro atoms. The first kappa shape index (κ1) is 17.6. The number of tetrazole rings is 1. The molecule has 1 aliphatic rings. The summed E-state index contributed by atoms with van der Waals surface area (Å²) in [6, 6.07) is 20.9. The second-order valence-corrected chi connectivity index (χ2v) is 7.05. The molecule has 0 saturated carbocycles. The van der Waals surface area contributed by atoms with Gasteiger partial charge in [0.25, 0.3) is 0 Å². The highest BCUT2D eigenvalue weighted by Crippen LogP contribution is 2.38. The van der Waals surface area contributed by atoms with Gasteiger partial charge in [-0.25, -0.2) is 5.10 Å². The van der Waals surface area contributed by atoms with E-state index in [1.54, 1.807) is 0 Å². The third-order valence-electron chi connectivity index (χ3n) is 5.36. The van der Waals surface area contributed by atoms with E-state index in [4.69, 9.17) is 0 Å². The van der Waals surface area contributed by atoms with Crippen molar-refractivity contribution >= 4 is 0 Å². The van der Waals surface area contributed by atoms with Crippen LogP contribution in [0.25, 0.3) is 0 Å². The van der Waals surface area contributed by atoms with Gasteiger partial charge in [-0.3, -0.25) is 4.90 Å². The number of piperidine rings is 1. The number of allylic oxidation sites excluding steroid dienone is 1. The van der Waals surface area contributed by atoms with Crippen molar-refractivity contribution in [3.8, 4) is 0 Å². The molecule has 1 saturated heterocycles. The highest BCUT2D eigenvalue weighted by atomic mass is 15.5. The molecular weight excluding hydrogens is 334 g/mol. The van der Waals surface area contributed by atoms with Crippen molar-refractivity contribution < 1.29 is 0 Å². The molecule has 1 N–H and O–H groups in total. The van der Waals surface area contributed by atoms with Crippen molar-refractivity contribution in [2.75, 3.05) is 19.6 Å². The molecule has 2 aromatic carbocycles. The summed E-state index contributed by atoms with van der Waals surface area (Å²) >= 11 is 0. The monoisotopic (exact) mass is 359 g/mol. The molecule has 0 unspecified atom stereocenters. The molecule has 0 aliphatic carbocycles. The number of benzene rings is 2. The van der Waals surface area contributed by atoms with Crippen LogP contribution in [0, 0.1) is 0 Å². The fourth-order valence-corrected chi connectivity index (χ4v) is 3.96. The lowest BCUT2D eigenvalue weighted by Crippen LogP contribution is -2.31. The van der Waals surface area contributed by atoms with E-state index in [0.717, 1.165) is 23.5 Å². The van der Waals surface area contributed by atoms with Crippen LogP contribution in [0.1, 0.15) is 36.2 Å². The normalized spacial score (nSPS) is 16.0. The minimum absolute atomic E-state index is 0.540. The van der Waals surface area contributed by atoms with Gasteiger partial charge >= 0.3 is 0 Å². The Kier molecular flexibility index (Phi) is 5.39. The second-order valence-electron chi connectivity index (χ2n) is 7.05. The third kappa shape index (κ3) is 3.69. The first-order chi connectivity index (χ1) is 13.4. The highest BCUT2D eigenvalue weighted by Gasteiger charge is 2.37. The molecule has 1 fully saturated rings. The van der Waals surface area contributed by atoms with Gasteiger partial charge in [0.15, 0.2) is 5.82 Å². The number of H-pyrrole nitrogens is 1. The van der Waals surface area contributed by atoms with E-state index in [1.165, 1.54) is 32.4 Å². The summed E-state index contributed by atoms with van der Waals surface area (Å²) in [5.74, 6) is 0.731. The van der Waals surface area contributed by atoms with Crippen molar-refractivity contribution in [3.63, 3.8) is 0 Å². The number of hydrogen-bond donors (Lipinski definition) is 1. The number of nitrogens with zero attached hydrogens (tertiary/aromatic N) is 4. The SMILES string of the molecule is C(=C\C(c1ccccc1)(c1ccccc1)c1nnn[nH]1)/CN1CCCCC1. The summed E-state index contributed by atoms with van der Waals surface area (Å²) in [7, 11) is 0. The Morgan fingerprint density at radius 3 is 2.07 bits per heavy atom. The largest absolute Gasteiger partial charge is 0.300 e. The molecule has 0 radical (unpaired) electrons. The van der Waals surface area contributed by atoms with Crippen molar-refractivity contribution in [3.05, 3.63) is 89.8 Å². The van der Waals surface area contributed by atoms with Crippen LogP contribution < -0.4 is 0 Å². The molecule has 27 heavy (non-hydrogen) atoms. The van der Waals surface area contributed by atoms with Crippen LogP contribution >= 0.6 is 0 Å². The van der Waals surface area contributed by atoms with Gasteiger partial charge < -0.3 is 0 Å². The minimum Gasteiger partial charge on any atom is -0.300 e. The standard InChI is InChI=1S/C22H25N5/c1-4-11-19(12-5-1)22(21-23-25-26-24-21,20-13-6-2-7-14-20)15-10-18-27-16-8-3-9-17-27/h1-2,4-7,10-15H,3,8-9,16-18H2,(H,23,24,25,26)/b15-10+. The molecule has 1 aromatic heterocycles. The maximum atomic E-state index is 4.33. The van der Waals surface area contributed by atoms with E-state index < -0.39 is 5.41 Å². The molecule has 5 nitrogen and oxygen atoms in total. The van der Waals surface area contributed by atoms with E-state index in [1.807, 2.05) is 12.1 Å². The maximum Gasteiger partial charge on any atom is 0.167 e. The Balaban J connectivity index is 1.78. The molecule has 4 rings (SSSR count). The fourth-order valence-electron chi connectivity index (χ4n) is 3.96. The number of rotatable bonds is 6. The van der Waals surface area contributed by atoms with Gasteiger partial charge in [-0.15, -0.1) is 5.10 Å². The van der Waals surface area contributed by atoms with Gasteiger partial charge in [-0.1, -0.05) is 79.2 Å². The number of aromatic amines is 1. The first-order valence-corrected chi connectivity index (χ1v) is 9.65. The third-order valence-corrected chi connectivity index (χ3v) is 5.36. The van der Waals surface area contributed by atoms with Crippen LogP contribution in [0.5, 0.6) is 0 Å². The van der Waals surface area contributed by atoms with Crippen molar-refractivity contribution in [2.45, 2.75) is 24.7 Å². The lowest BCUT2D eigenvalue weighted by Gasteiger charge is -2.30. The Morgan fingerprint density at radius 2 is 1.52 bits per heavy atom. The van der Waals surface area contributed by atoms with Crippen LogP contribution in [-0.4, -0.2) is 45.2 Å². The van der Waals surface area contributed by atoms with Crippen LogP contribution in [-0.2, 0) is 5.41 Å². The Bertz CT molecular complexity index is 797. The Labute approximate surface area is 160 Å². The zero-order valence-electron chi connectivity index (χ0n) is 15.5. The van der Waals surface area contributed by atoms with Crippen molar-refractivity contribution in [2.24, 2.45) is 0 Å². The lowest BCUT2D eigenvalue weighted by atomic mass is 9.73. The predicted molar refractivity (Wildman–Crippen MR) is 106 cm³/mol. The van der Waals surface area contributed by atoms with Gasteiger partial charge in [0.1, 0.15) is 0 Å². The van der Waals surface area contributed by atoms with Gasteiger partial charge in [0, 0.05) is 6.54 Å². The summed E-state index contributed by atoms with van der Waals surface area (Å²) < 4.78 is 0. The van der Waals surface area contributed by atoms with Crippen LogP contribution in [0.3, 0.4) is 0 Å². The van der Waals surface area contributed by atoms with Gasteiger partial charge in [0.2, 0.25) is 0 Å². The molecular formula is C22H25N5. The lowest BCUT2D eigenvalue weighted by molar-refractivity contribution is 0.251. The topological polar surface area (TPSA) is 57.7 Å². The quantitative estimate of drug-likeness (QED) is 0.684. The molecule has 2 heterocycles. The van der Waals surface area contributed by atoms with Crippen molar-refractivity contribution in [1.82, 2.24) is 25.5 Å². The predicted octanol–water partition coefficient (Wildman–Crippen LogP) is 3.58. The molecule has 0 atom stereocenters. The number of nitrogens with one attached hydrogen (secondary N) is 1. The number of hydrogen-bond acceptors (Lipinski definition) is 4. The Morgan fingerprint density at radius 1 is 0.889 bits per heavy atom. The molecule has 3 aromatic rings. The van der Waals surface area contributed by atoms with E-state index in [2.05, 4.69) is 86.2 Å². The van der Waals surface area contributed by atoms with Crippen LogP contribution in [0.2, 0.25) is 0 Å². The van der Waals surface area contributed by atoms with Crippen molar-refractivity contribution in [1.29, 1.82) is 0 Å². The summed E-state index contributed by atoms with van der Waals surface area (Å²) in [6.45, 7) is 3.30. The Hall–Kier alpha value is -2.79. The maximum absolute atomic E-state index is 4.33. The molecule has 0 amide bonds. The average Bonchev–Trinajstić information content (AvgIpc) is 3.29. The number of likely N-dealkylation sites (tertiary alicyclic amines) is 1.